The highest BCUT2D eigenvalue weighted by atomic mass is 16.2. The lowest BCUT2D eigenvalue weighted by Gasteiger charge is -2.32. The van der Waals surface area contributed by atoms with Crippen LogP contribution in [0.3, 0.4) is 0 Å². The normalized spacial score (nSPS) is 17.4. The molecule has 1 atom stereocenters. The second kappa shape index (κ2) is 12.3. The van der Waals surface area contributed by atoms with Gasteiger partial charge in [-0.15, -0.1) is 0 Å². The van der Waals surface area contributed by atoms with E-state index < -0.39 is 18.0 Å². The molecule has 3 aromatic rings. The number of likely N-dealkylation sites (tertiary alicyclic amines) is 1. The van der Waals surface area contributed by atoms with Crippen molar-refractivity contribution in [2.75, 3.05) is 23.7 Å². The highest BCUT2D eigenvalue weighted by Crippen LogP contribution is 2.27. The lowest BCUT2D eigenvalue weighted by atomic mass is 9.90. The van der Waals surface area contributed by atoms with Crippen molar-refractivity contribution in [1.82, 2.24) is 25.3 Å². The Labute approximate surface area is 251 Å². The highest BCUT2D eigenvalue weighted by molar-refractivity contribution is 6.05. The summed E-state index contributed by atoms with van der Waals surface area (Å²) in [7, 11) is 0. The van der Waals surface area contributed by atoms with Gasteiger partial charge in [-0.1, -0.05) is 50.6 Å². The average Bonchev–Trinajstić information content (AvgIpc) is 3.52. The Morgan fingerprint density at radius 3 is 2.26 bits per heavy atom. The van der Waals surface area contributed by atoms with Crippen LogP contribution in [0.4, 0.5) is 21.1 Å². The number of nitrogens with zero attached hydrogens (tertiary/aromatic N) is 3. The first kappa shape index (κ1) is 29.8. The molecule has 2 aliphatic heterocycles. The third kappa shape index (κ3) is 7.40. The summed E-state index contributed by atoms with van der Waals surface area (Å²) in [5.74, 6) is 0.446. The summed E-state index contributed by atoms with van der Waals surface area (Å²) in [5.41, 5.74) is 4.54. The van der Waals surface area contributed by atoms with Crippen molar-refractivity contribution in [3.05, 3.63) is 71.4 Å². The zero-order valence-electron chi connectivity index (χ0n) is 25.1. The molecule has 11 nitrogen and oxygen atoms in total. The molecule has 43 heavy (non-hydrogen) atoms. The van der Waals surface area contributed by atoms with Crippen LogP contribution in [0.25, 0.3) is 5.69 Å². The summed E-state index contributed by atoms with van der Waals surface area (Å²) in [6.07, 6.45) is 2.59. The number of nitrogens with one attached hydrogen (secondary N) is 4. The number of piperidine rings is 1. The zero-order chi connectivity index (χ0) is 30.7. The van der Waals surface area contributed by atoms with Crippen LogP contribution in [0.5, 0.6) is 0 Å². The van der Waals surface area contributed by atoms with Gasteiger partial charge in [-0.3, -0.25) is 20.2 Å². The molecule has 2 aromatic carbocycles. The smallest absolute Gasteiger partial charge is 0.324 e. The number of benzene rings is 2. The average molecular weight is 586 g/mol. The molecule has 5 rings (SSSR count). The van der Waals surface area contributed by atoms with E-state index in [-0.39, 0.29) is 23.8 Å². The molecule has 2 aliphatic rings. The van der Waals surface area contributed by atoms with Crippen molar-refractivity contribution >= 4 is 35.4 Å². The molecule has 6 amide bonds. The first-order valence-corrected chi connectivity index (χ1v) is 14.7. The number of hydrogen-bond donors (Lipinski definition) is 4. The number of hydrogen-bond acceptors (Lipinski definition) is 5. The van der Waals surface area contributed by atoms with Gasteiger partial charge in [0.15, 0.2) is 0 Å². The van der Waals surface area contributed by atoms with Crippen LogP contribution < -0.4 is 21.3 Å². The highest BCUT2D eigenvalue weighted by Gasteiger charge is 2.33. The zero-order valence-corrected chi connectivity index (χ0v) is 25.1. The van der Waals surface area contributed by atoms with E-state index in [4.69, 9.17) is 5.10 Å². The predicted octanol–water partition coefficient (Wildman–Crippen LogP) is 4.50. The van der Waals surface area contributed by atoms with Gasteiger partial charge in [0.25, 0.3) is 5.91 Å². The van der Waals surface area contributed by atoms with Crippen LogP contribution in [0.15, 0.2) is 54.6 Å². The van der Waals surface area contributed by atoms with E-state index in [2.05, 4.69) is 42.0 Å². The van der Waals surface area contributed by atoms with Crippen LogP contribution in [0.2, 0.25) is 0 Å². The van der Waals surface area contributed by atoms with Gasteiger partial charge in [0.2, 0.25) is 5.91 Å². The topological polar surface area (TPSA) is 137 Å². The van der Waals surface area contributed by atoms with Crippen molar-refractivity contribution in [1.29, 1.82) is 0 Å². The molecule has 1 aromatic heterocycles. The number of carbonyl (C=O) groups excluding carboxylic acids is 4. The fraction of sp³-hybridized carbons (Fsp3) is 0.406. The SMILES string of the molecule is Cc1ccc(-n2nc(C(C)(C)C)cc2NC(=O)Nc2ccc(CC3CCN(C(=O)C[C@H]4NC(=O)NC4=O)CC3)cc2)cc1. The van der Waals surface area contributed by atoms with Crippen LogP contribution in [-0.4, -0.2) is 57.7 Å². The Morgan fingerprint density at radius 2 is 1.65 bits per heavy atom. The van der Waals surface area contributed by atoms with Crippen LogP contribution in [-0.2, 0) is 21.4 Å². The number of aromatic nitrogens is 2. The van der Waals surface area contributed by atoms with Crippen molar-refractivity contribution in [3.8, 4) is 5.69 Å². The van der Waals surface area contributed by atoms with Gasteiger partial charge < -0.3 is 15.5 Å². The van der Waals surface area contributed by atoms with Crippen LogP contribution >= 0.6 is 0 Å². The second-order valence-corrected chi connectivity index (χ2v) is 12.4. The molecular formula is C32H39N7O4. The van der Waals surface area contributed by atoms with E-state index >= 15 is 0 Å². The molecule has 0 spiro atoms. The van der Waals surface area contributed by atoms with E-state index in [0.717, 1.165) is 41.8 Å². The number of imide groups is 1. The first-order chi connectivity index (χ1) is 20.4. The second-order valence-electron chi connectivity index (χ2n) is 12.4. The lowest BCUT2D eigenvalue weighted by Crippen LogP contribution is -2.42. The maximum atomic E-state index is 13.0. The molecule has 0 unspecified atom stereocenters. The summed E-state index contributed by atoms with van der Waals surface area (Å²) in [6, 6.07) is 16.0. The summed E-state index contributed by atoms with van der Waals surface area (Å²) < 4.78 is 1.75. The molecule has 0 radical (unpaired) electrons. The first-order valence-electron chi connectivity index (χ1n) is 14.7. The van der Waals surface area contributed by atoms with E-state index in [1.165, 1.54) is 0 Å². The Bertz CT molecular complexity index is 1500. The minimum atomic E-state index is -0.789. The Morgan fingerprint density at radius 1 is 0.977 bits per heavy atom. The monoisotopic (exact) mass is 585 g/mol. The quantitative estimate of drug-likeness (QED) is 0.303. The largest absolute Gasteiger partial charge is 0.343 e. The molecule has 2 fully saturated rings. The molecule has 3 heterocycles. The number of anilines is 2. The molecule has 11 heteroatoms. The number of carbonyl (C=O) groups is 4. The van der Waals surface area contributed by atoms with Crippen molar-refractivity contribution in [2.24, 2.45) is 5.92 Å². The van der Waals surface area contributed by atoms with E-state index in [0.29, 0.717) is 30.5 Å². The molecule has 2 saturated heterocycles. The maximum absolute atomic E-state index is 13.0. The number of amides is 6. The Kier molecular flexibility index (Phi) is 8.52. The fourth-order valence-electron chi connectivity index (χ4n) is 5.35. The lowest BCUT2D eigenvalue weighted by molar-refractivity contribution is -0.135. The molecule has 4 N–H and O–H groups in total. The minimum Gasteiger partial charge on any atom is -0.343 e. The Balaban J connectivity index is 1.13. The summed E-state index contributed by atoms with van der Waals surface area (Å²) >= 11 is 0. The molecule has 0 bridgehead atoms. The van der Waals surface area contributed by atoms with E-state index in [9.17, 15) is 19.2 Å². The number of aryl methyl sites for hydroxylation is 1. The third-order valence-electron chi connectivity index (χ3n) is 7.94. The molecular weight excluding hydrogens is 546 g/mol. The number of urea groups is 2. The van der Waals surface area contributed by atoms with Gasteiger partial charge in [-0.2, -0.15) is 5.10 Å². The van der Waals surface area contributed by atoms with Gasteiger partial charge in [-0.05, 0) is 61.9 Å². The van der Waals surface area contributed by atoms with E-state index in [1.807, 2.05) is 61.5 Å². The molecule has 226 valence electrons. The van der Waals surface area contributed by atoms with Crippen molar-refractivity contribution in [3.63, 3.8) is 0 Å². The summed E-state index contributed by atoms with van der Waals surface area (Å²) in [4.78, 5) is 50.4. The van der Waals surface area contributed by atoms with Crippen molar-refractivity contribution in [2.45, 2.75) is 64.8 Å². The van der Waals surface area contributed by atoms with Gasteiger partial charge >= 0.3 is 12.1 Å². The maximum Gasteiger partial charge on any atom is 0.324 e. The Hall–Kier alpha value is -4.67. The third-order valence-corrected chi connectivity index (χ3v) is 7.94. The predicted molar refractivity (Wildman–Crippen MR) is 164 cm³/mol. The minimum absolute atomic E-state index is 0.0175. The van der Waals surface area contributed by atoms with Crippen LogP contribution in [0, 0.1) is 12.8 Å². The fourth-order valence-corrected chi connectivity index (χ4v) is 5.35. The number of rotatable bonds is 7. The van der Waals surface area contributed by atoms with Gasteiger partial charge in [0.1, 0.15) is 11.9 Å². The van der Waals surface area contributed by atoms with Gasteiger partial charge in [-0.25, -0.2) is 14.3 Å². The standard InChI is InChI=1S/C32H39N7O4/c1-20-5-11-24(12-6-20)39-27(19-26(37-39)32(2,3)4)35-30(42)33-23-9-7-21(8-10-23)17-22-13-15-38(16-14-22)28(40)18-25-29(41)36-31(43)34-25/h5-12,19,22,25H,13-18H2,1-4H3,(H2,33,35,42)(H2,34,36,41,43)/t25-/m1/s1. The molecule has 0 aliphatic carbocycles. The van der Waals surface area contributed by atoms with Gasteiger partial charge in [0.05, 0.1) is 17.8 Å². The van der Waals surface area contributed by atoms with Crippen molar-refractivity contribution < 1.29 is 19.2 Å². The van der Waals surface area contributed by atoms with Crippen LogP contribution in [0.1, 0.15) is 56.9 Å². The molecule has 0 saturated carbocycles. The summed E-state index contributed by atoms with van der Waals surface area (Å²) in [5, 5.41) is 15.3. The van der Waals surface area contributed by atoms with E-state index in [1.54, 1.807) is 9.58 Å². The van der Waals surface area contributed by atoms with Gasteiger partial charge in [0, 0.05) is 30.3 Å². The summed E-state index contributed by atoms with van der Waals surface area (Å²) in [6.45, 7) is 9.54.